The molecule has 0 aliphatic carbocycles. The Labute approximate surface area is 162 Å². The summed E-state index contributed by atoms with van der Waals surface area (Å²) < 4.78 is 47.4. The number of hydrogen-bond donors (Lipinski definition) is 1. The third-order valence-electron chi connectivity index (χ3n) is 4.39. The molecule has 142 valence electrons. The van der Waals surface area contributed by atoms with Crippen molar-refractivity contribution in [2.45, 2.75) is 0 Å². The van der Waals surface area contributed by atoms with Gasteiger partial charge in [0.25, 0.3) is 0 Å². The Morgan fingerprint density at radius 2 is 1.68 bits per heavy atom. The second-order valence-corrected chi connectivity index (χ2v) is 6.44. The van der Waals surface area contributed by atoms with Crippen LogP contribution in [-0.4, -0.2) is 22.0 Å². The van der Waals surface area contributed by atoms with E-state index in [1.807, 2.05) is 6.07 Å². The number of nitrogens with zero attached hydrogens (tertiary/aromatic N) is 2. The van der Waals surface area contributed by atoms with Crippen molar-refractivity contribution in [1.29, 1.82) is 0 Å². The SMILES string of the molecule is COc1ccc(-c2ccc3c(cnn3-c3cc(O)c(F)c(F)c3F)c2)cc1Cl. The van der Waals surface area contributed by atoms with Crippen LogP contribution in [0.2, 0.25) is 5.02 Å². The van der Waals surface area contributed by atoms with Crippen molar-refractivity contribution in [1.82, 2.24) is 9.78 Å². The van der Waals surface area contributed by atoms with Crippen molar-refractivity contribution in [2.75, 3.05) is 7.11 Å². The van der Waals surface area contributed by atoms with Gasteiger partial charge in [-0.15, -0.1) is 0 Å². The van der Waals surface area contributed by atoms with Gasteiger partial charge in [-0.1, -0.05) is 23.7 Å². The van der Waals surface area contributed by atoms with Crippen LogP contribution in [0.1, 0.15) is 0 Å². The lowest BCUT2D eigenvalue weighted by Crippen LogP contribution is -2.03. The van der Waals surface area contributed by atoms with Crippen LogP contribution in [0.25, 0.3) is 27.7 Å². The van der Waals surface area contributed by atoms with Gasteiger partial charge in [-0.05, 0) is 35.4 Å². The maximum Gasteiger partial charge on any atom is 0.203 e. The molecule has 28 heavy (non-hydrogen) atoms. The first-order valence-electron chi connectivity index (χ1n) is 8.09. The number of rotatable bonds is 3. The largest absolute Gasteiger partial charge is 0.505 e. The molecule has 0 bridgehead atoms. The predicted octanol–water partition coefficient (Wildman–Crippen LogP) is 5.48. The standard InChI is InChI=1S/C20H12ClF3N2O2/c1-28-17-5-3-11(7-13(17)21)10-2-4-14-12(6-10)9-25-26(14)15-8-16(27)19(23)20(24)18(15)22/h2-9,27H,1H3. The molecule has 1 N–H and O–H groups in total. The molecular formula is C20H12ClF3N2O2. The quantitative estimate of drug-likeness (QED) is 0.460. The summed E-state index contributed by atoms with van der Waals surface area (Å²) in [7, 11) is 1.52. The molecule has 0 fully saturated rings. The van der Waals surface area contributed by atoms with Crippen molar-refractivity contribution < 1.29 is 23.0 Å². The summed E-state index contributed by atoms with van der Waals surface area (Å²) in [6, 6.07) is 11.3. The first-order chi connectivity index (χ1) is 13.4. The molecule has 0 aliphatic heterocycles. The predicted molar refractivity (Wildman–Crippen MR) is 99.6 cm³/mol. The molecule has 0 atom stereocenters. The highest BCUT2D eigenvalue weighted by Crippen LogP contribution is 2.33. The van der Waals surface area contributed by atoms with Crippen LogP contribution in [0, 0.1) is 17.5 Å². The topological polar surface area (TPSA) is 47.3 Å². The number of ether oxygens (including phenoxy) is 1. The molecule has 4 rings (SSSR count). The van der Waals surface area contributed by atoms with E-state index in [0.717, 1.165) is 21.9 Å². The van der Waals surface area contributed by atoms with Gasteiger partial charge in [0, 0.05) is 11.5 Å². The zero-order valence-electron chi connectivity index (χ0n) is 14.4. The molecule has 0 saturated carbocycles. The Kier molecular flexibility index (Phi) is 4.39. The fourth-order valence-electron chi connectivity index (χ4n) is 2.98. The van der Waals surface area contributed by atoms with E-state index in [9.17, 15) is 18.3 Å². The number of aromatic hydroxyl groups is 1. The van der Waals surface area contributed by atoms with E-state index in [0.29, 0.717) is 21.7 Å². The maximum absolute atomic E-state index is 14.2. The van der Waals surface area contributed by atoms with E-state index in [1.54, 1.807) is 30.3 Å². The van der Waals surface area contributed by atoms with Crippen molar-refractivity contribution >= 4 is 22.5 Å². The second kappa shape index (κ2) is 6.76. The Morgan fingerprint density at radius 3 is 2.39 bits per heavy atom. The average molecular weight is 405 g/mol. The second-order valence-electron chi connectivity index (χ2n) is 6.04. The molecule has 0 unspecified atom stereocenters. The molecule has 4 nitrogen and oxygen atoms in total. The molecule has 0 aliphatic rings. The summed E-state index contributed by atoms with van der Waals surface area (Å²) in [4.78, 5) is 0. The van der Waals surface area contributed by atoms with Crippen LogP contribution in [0.15, 0.2) is 48.7 Å². The average Bonchev–Trinajstić information content (AvgIpc) is 3.12. The Bertz CT molecular complexity index is 1220. The van der Waals surface area contributed by atoms with Gasteiger partial charge in [-0.2, -0.15) is 9.49 Å². The number of fused-ring (bicyclic) bond motifs is 1. The number of methoxy groups -OCH3 is 1. The summed E-state index contributed by atoms with van der Waals surface area (Å²) in [5.41, 5.74) is 1.71. The summed E-state index contributed by atoms with van der Waals surface area (Å²) in [6.07, 6.45) is 1.46. The number of halogens is 4. The monoisotopic (exact) mass is 404 g/mol. The van der Waals surface area contributed by atoms with Crippen LogP contribution in [-0.2, 0) is 0 Å². The molecule has 0 saturated heterocycles. The van der Waals surface area contributed by atoms with Gasteiger partial charge < -0.3 is 9.84 Å². The lowest BCUT2D eigenvalue weighted by atomic mass is 10.0. The lowest BCUT2D eigenvalue weighted by Gasteiger charge is -2.09. The van der Waals surface area contributed by atoms with Crippen LogP contribution >= 0.6 is 11.6 Å². The smallest absolute Gasteiger partial charge is 0.203 e. The Balaban J connectivity index is 1.83. The normalized spacial score (nSPS) is 11.2. The highest BCUT2D eigenvalue weighted by atomic mass is 35.5. The fraction of sp³-hybridized carbons (Fsp3) is 0.0500. The van der Waals surface area contributed by atoms with Gasteiger partial charge in [-0.25, -0.2) is 13.5 Å². The summed E-state index contributed by atoms with van der Waals surface area (Å²) in [6.45, 7) is 0. The van der Waals surface area contributed by atoms with Crippen molar-refractivity contribution in [3.63, 3.8) is 0 Å². The molecule has 4 aromatic rings. The number of phenolic OH excluding ortho intramolecular Hbond substituents is 1. The first kappa shape index (κ1) is 18.2. The highest BCUT2D eigenvalue weighted by Gasteiger charge is 2.21. The van der Waals surface area contributed by atoms with Gasteiger partial charge in [0.05, 0.1) is 23.8 Å². The van der Waals surface area contributed by atoms with Gasteiger partial charge in [-0.3, -0.25) is 0 Å². The van der Waals surface area contributed by atoms with Crippen LogP contribution in [0.5, 0.6) is 11.5 Å². The first-order valence-corrected chi connectivity index (χ1v) is 8.47. The highest BCUT2D eigenvalue weighted by molar-refractivity contribution is 6.32. The van der Waals surface area contributed by atoms with Gasteiger partial charge >= 0.3 is 0 Å². The minimum atomic E-state index is -1.76. The number of phenols is 1. The summed E-state index contributed by atoms with van der Waals surface area (Å²) in [5.74, 6) is -5.29. The van der Waals surface area contributed by atoms with E-state index in [4.69, 9.17) is 16.3 Å². The van der Waals surface area contributed by atoms with E-state index >= 15 is 0 Å². The zero-order valence-corrected chi connectivity index (χ0v) is 15.1. The number of hydrogen-bond acceptors (Lipinski definition) is 3. The third-order valence-corrected chi connectivity index (χ3v) is 4.69. The lowest BCUT2D eigenvalue weighted by molar-refractivity contribution is 0.385. The molecule has 8 heteroatoms. The van der Waals surface area contributed by atoms with Crippen molar-refractivity contribution in [3.05, 3.63) is 71.1 Å². The van der Waals surface area contributed by atoms with Crippen molar-refractivity contribution in [2.24, 2.45) is 0 Å². The molecule has 0 radical (unpaired) electrons. The molecule has 1 heterocycles. The molecule has 0 spiro atoms. The van der Waals surface area contributed by atoms with E-state index in [-0.39, 0.29) is 0 Å². The van der Waals surface area contributed by atoms with E-state index < -0.39 is 28.9 Å². The number of aromatic nitrogens is 2. The fourth-order valence-corrected chi connectivity index (χ4v) is 3.24. The Hall–Kier alpha value is -3.19. The van der Waals surface area contributed by atoms with Crippen LogP contribution in [0.3, 0.4) is 0 Å². The van der Waals surface area contributed by atoms with Gasteiger partial charge in [0.1, 0.15) is 11.4 Å². The maximum atomic E-state index is 14.2. The van der Waals surface area contributed by atoms with Gasteiger partial charge in [0.2, 0.25) is 11.6 Å². The molecule has 1 aromatic heterocycles. The third kappa shape index (κ3) is 2.84. The number of benzene rings is 3. The van der Waals surface area contributed by atoms with Crippen molar-refractivity contribution in [3.8, 4) is 28.3 Å². The zero-order chi connectivity index (χ0) is 20.0. The minimum Gasteiger partial charge on any atom is -0.505 e. The van der Waals surface area contributed by atoms with Crippen LogP contribution in [0.4, 0.5) is 13.2 Å². The minimum absolute atomic E-state index is 0.397. The van der Waals surface area contributed by atoms with Gasteiger partial charge in [0.15, 0.2) is 11.6 Å². The summed E-state index contributed by atoms with van der Waals surface area (Å²) in [5, 5.41) is 14.6. The van der Waals surface area contributed by atoms with E-state index in [1.165, 1.54) is 13.3 Å². The van der Waals surface area contributed by atoms with Crippen LogP contribution < -0.4 is 4.74 Å². The molecule has 3 aromatic carbocycles. The summed E-state index contributed by atoms with van der Waals surface area (Å²) >= 11 is 6.17. The molecular weight excluding hydrogens is 393 g/mol. The van der Waals surface area contributed by atoms with E-state index in [2.05, 4.69) is 5.10 Å². The Morgan fingerprint density at radius 1 is 0.964 bits per heavy atom. The molecule has 0 amide bonds.